The fourth-order valence-corrected chi connectivity index (χ4v) is 7.98. The number of phenols is 1. The Balaban J connectivity index is 1.34. The maximum absolute atomic E-state index is 16.7. The van der Waals surface area contributed by atoms with Crippen LogP contribution in [-0.4, -0.2) is 81.9 Å². The van der Waals surface area contributed by atoms with E-state index in [0.717, 1.165) is 45.2 Å². The van der Waals surface area contributed by atoms with Gasteiger partial charge in [-0.15, -0.1) is 0 Å². The lowest BCUT2D eigenvalue weighted by Gasteiger charge is -2.34. The van der Waals surface area contributed by atoms with Gasteiger partial charge in [-0.2, -0.15) is 9.97 Å². The van der Waals surface area contributed by atoms with Crippen LogP contribution in [0, 0.1) is 11.7 Å². The SMILES string of the molecule is O=C1CCCc2c(Cl)cc(O)cc2-c2ncc3c(nc(OC[C@@]45CCCN4C[C@H](F)C5)nc3c2F)N2CCCC(CCN1)C2. The number of alkyl halides is 1. The maximum atomic E-state index is 16.7. The lowest BCUT2D eigenvalue weighted by Crippen LogP contribution is -2.43. The molecule has 3 fully saturated rings. The fourth-order valence-electron chi connectivity index (χ4n) is 7.67. The summed E-state index contributed by atoms with van der Waals surface area (Å²) in [6.45, 7) is 3.47. The maximum Gasteiger partial charge on any atom is 0.319 e. The normalized spacial score (nSPS) is 26.1. The predicted molar refractivity (Wildman–Crippen MR) is 163 cm³/mol. The van der Waals surface area contributed by atoms with Gasteiger partial charge in [-0.05, 0) is 75.1 Å². The molecule has 2 N–H and O–H groups in total. The standard InChI is InChI=1S/C32H37ClF2N6O3/c33-25-13-21(42)12-23-22(25)5-1-6-26(43)36-9-7-19-4-2-10-40(16-19)30-24-15-37-28(23)27(35)29(24)38-31(39-30)44-18-32-8-3-11-41(32)17-20(34)14-32/h12-13,15,19-20,42H,1-11,14,16-18H2,(H,36,43)/t19?,20-,32+/m1/s1. The van der Waals surface area contributed by atoms with E-state index < -0.39 is 17.5 Å². The van der Waals surface area contributed by atoms with Crippen molar-refractivity contribution in [3.05, 3.63) is 34.7 Å². The second kappa shape index (κ2) is 11.9. The van der Waals surface area contributed by atoms with Crippen molar-refractivity contribution in [1.29, 1.82) is 0 Å². The lowest BCUT2D eigenvalue weighted by atomic mass is 9.94. The first kappa shape index (κ1) is 29.4. The smallest absolute Gasteiger partial charge is 0.319 e. The van der Waals surface area contributed by atoms with Gasteiger partial charge >= 0.3 is 6.01 Å². The highest BCUT2D eigenvalue weighted by molar-refractivity contribution is 6.32. The molecule has 3 aromatic rings. The molecule has 1 unspecified atom stereocenters. The summed E-state index contributed by atoms with van der Waals surface area (Å²) in [7, 11) is 0. The summed E-state index contributed by atoms with van der Waals surface area (Å²) >= 11 is 6.56. The highest BCUT2D eigenvalue weighted by atomic mass is 35.5. The van der Waals surface area contributed by atoms with Crippen LogP contribution in [0.15, 0.2) is 18.3 Å². The van der Waals surface area contributed by atoms with Crippen LogP contribution in [-0.2, 0) is 11.2 Å². The van der Waals surface area contributed by atoms with E-state index in [2.05, 4.69) is 25.1 Å². The van der Waals surface area contributed by atoms with Crippen LogP contribution in [0.4, 0.5) is 14.6 Å². The van der Waals surface area contributed by atoms with Gasteiger partial charge < -0.3 is 20.1 Å². The number of pyridine rings is 1. The summed E-state index contributed by atoms with van der Waals surface area (Å²) in [6, 6.07) is 2.91. The number of aromatic nitrogens is 3. The number of piperidine rings is 1. The third kappa shape index (κ3) is 5.53. The number of rotatable bonds is 3. The number of amides is 1. The average Bonchev–Trinajstić information content (AvgIpc) is 3.52. The Morgan fingerprint density at radius 2 is 2.02 bits per heavy atom. The number of aromatic hydroxyl groups is 1. The van der Waals surface area contributed by atoms with Gasteiger partial charge in [-0.1, -0.05) is 11.6 Å². The molecule has 3 atom stereocenters. The van der Waals surface area contributed by atoms with Crippen molar-refractivity contribution in [3.8, 4) is 23.0 Å². The number of carbonyl (C=O) groups is 1. The molecule has 7 heterocycles. The summed E-state index contributed by atoms with van der Waals surface area (Å²) in [4.78, 5) is 30.8. The van der Waals surface area contributed by atoms with E-state index in [4.69, 9.17) is 21.3 Å². The van der Waals surface area contributed by atoms with Crippen LogP contribution < -0.4 is 15.0 Å². The molecule has 5 aliphatic heterocycles. The molecular formula is C32H37ClF2N6O3. The fraction of sp³-hybridized carbons (Fsp3) is 0.562. The van der Waals surface area contributed by atoms with E-state index in [0.29, 0.717) is 73.6 Å². The van der Waals surface area contributed by atoms with Crippen LogP contribution in [0.2, 0.25) is 5.02 Å². The Kier molecular flexibility index (Phi) is 7.95. The molecule has 1 amide bonds. The second-order valence-corrected chi connectivity index (χ2v) is 13.2. The molecule has 0 saturated carbocycles. The molecular weight excluding hydrogens is 590 g/mol. The van der Waals surface area contributed by atoms with Crippen molar-refractivity contribution in [3.63, 3.8) is 0 Å². The molecule has 5 aliphatic rings. The van der Waals surface area contributed by atoms with E-state index in [9.17, 15) is 14.3 Å². The van der Waals surface area contributed by atoms with Gasteiger partial charge in [-0.25, -0.2) is 8.78 Å². The first-order valence-corrected chi connectivity index (χ1v) is 16.1. The van der Waals surface area contributed by atoms with Crippen LogP contribution in [0.5, 0.6) is 11.8 Å². The van der Waals surface area contributed by atoms with Crippen molar-refractivity contribution in [2.24, 2.45) is 5.92 Å². The van der Waals surface area contributed by atoms with Crippen molar-refractivity contribution < 1.29 is 23.4 Å². The van der Waals surface area contributed by atoms with Crippen LogP contribution in [0.25, 0.3) is 22.2 Å². The van der Waals surface area contributed by atoms with Crippen molar-refractivity contribution >= 4 is 34.2 Å². The number of hydrogen-bond acceptors (Lipinski definition) is 8. The van der Waals surface area contributed by atoms with Gasteiger partial charge in [0.2, 0.25) is 5.91 Å². The predicted octanol–water partition coefficient (Wildman–Crippen LogP) is 5.20. The molecule has 2 aromatic heterocycles. The minimum Gasteiger partial charge on any atom is -0.508 e. The number of anilines is 1. The number of nitrogens with zero attached hydrogens (tertiary/aromatic N) is 5. The third-order valence-corrected chi connectivity index (χ3v) is 10.2. The zero-order valence-electron chi connectivity index (χ0n) is 24.6. The van der Waals surface area contributed by atoms with Crippen LogP contribution in [0.1, 0.15) is 56.9 Å². The van der Waals surface area contributed by atoms with Crippen molar-refractivity contribution in [2.45, 2.75) is 69.5 Å². The van der Waals surface area contributed by atoms with Gasteiger partial charge in [0, 0.05) is 55.8 Å². The number of halogens is 3. The minimum absolute atomic E-state index is 0.00261. The molecule has 8 rings (SSSR count). The zero-order chi connectivity index (χ0) is 30.4. The van der Waals surface area contributed by atoms with Gasteiger partial charge in [-0.3, -0.25) is 14.7 Å². The van der Waals surface area contributed by atoms with E-state index >= 15 is 4.39 Å². The quantitative estimate of drug-likeness (QED) is 0.409. The molecule has 3 saturated heterocycles. The highest BCUT2D eigenvalue weighted by Crippen LogP contribution is 2.42. The first-order chi connectivity index (χ1) is 21.3. The average molecular weight is 627 g/mol. The largest absolute Gasteiger partial charge is 0.508 e. The summed E-state index contributed by atoms with van der Waals surface area (Å²) in [5, 5.41) is 14.2. The lowest BCUT2D eigenvalue weighted by molar-refractivity contribution is -0.121. The monoisotopic (exact) mass is 626 g/mol. The first-order valence-electron chi connectivity index (χ1n) is 15.7. The Labute approximate surface area is 260 Å². The van der Waals surface area contributed by atoms with E-state index in [1.165, 1.54) is 12.1 Å². The Hall–Kier alpha value is -3.31. The Bertz CT molecular complexity index is 1590. The van der Waals surface area contributed by atoms with Gasteiger partial charge in [0.1, 0.15) is 35.6 Å². The Morgan fingerprint density at radius 3 is 2.91 bits per heavy atom. The third-order valence-electron chi connectivity index (χ3n) is 9.83. The molecule has 1 aromatic carbocycles. The molecule has 0 aliphatic carbocycles. The number of ether oxygens (including phenoxy) is 1. The number of carbonyl (C=O) groups excluding carboxylic acids is 1. The number of nitrogens with one attached hydrogen (secondary N) is 1. The van der Waals surface area contributed by atoms with Gasteiger partial charge in [0.15, 0.2) is 5.82 Å². The number of fused-ring (bicyclic) bond motifs is 8. The van der Waals surface area contributed by atoms with E-state index in [1.807, 2.05) is 0 Å². The molecule has 44 heavy (non-hydrogen) atoms. The number of benzene rings is 1. The molecule has 6 bridgehead atoms. The zero-order valence-corrected chi connectivity index (χ0v) is 25.4. The molecule has 0 spiro atoms. The highest BCUT2D eigenvalue weighted by Gasteiger charge is 2.49. The molecule has 12 heteroatoms. The number of phenolic OH excluding ortho intramolecular Hbond substituents is 1. The minimum atomic E-state index is -0.896. The molecule has 0 radical (unpaired) electrons. The summed E-state index contributed by atoms with van der Waals surface area (Å²) < 4.78 is 37.3. The van der Waals surface area contributed by atoms with Gasteiger partial charge in [0.25, 0.3) is 0 Å². The second-order valence-electron chi connectivity index (χ2n) is 12.8. The summed E-state index contributed by atoms with van der Waals surface area (Å²) in [5.74, 6) is 0.0493. The van der Waals surface area contributed by atoms with Crippen LogP contribution in [0.3, 0.4) is 0 Å². The van der Waals surface area contributed by atoms with Crippen molar-refractivity contribution in [2.75, 3.05) is 44.2 Å². The Morgan fingerprint density at radius 1 is 1.14 bits per heavy atom. The summed E-state index contributed by atoms with van der Waals surface area (Å²) in [5.41, 5.74) is 0.613. The van der Waals surface area contributed by atoms with E-state index in [1.54, 1.807) is 6.20 Å². The van der Waals surface area contributed by atoms with E-state index in [-0.39, 0.29) is 40.5 Å². The van der Waals surface area contributed by atoms with Crippen molar-refractivity contribution in [1.82, 2.24) is 25.2 Å². The number of hydrogen-bond donors (Lipinski definition) is 2. The summed E-state index contributed by atoms with van der Waals surface area (Å²) in [6.07, 6.45) is 6.88. The molecule has 9 nitrogen and oxygen atoms in total. The topological polar surface area (TPSA) is 104 Å². The molecule has 234 valence electrons. The van der Waals surface area contributed by atoms with Gasteiger partial charge in [0.05, 0.1) is 10.9 Å². The van der Waals surface area contributed by atoms with Crippen LogP contribution >= 0.6 is 11.6 Å².